The molecular weight excluding hydrogens is 244 g/mol. The number of hydrogen-bond acceptors (Lipinski definition) is 5. The fraction of sp³-hybridized carbons (Fsp3) is 0.667. The highest BCUT2D eigenvalue weighted by Gasteiger charge is 2.19. The first-order valence-corrected chi connectivity index (χ1v) is 6.75. The Morgan fingerprint density at radius 2 is 2.29 bits per heavy atom. The summed E-state index contributed by atoms with van der Waals surface area (Å²) in [4.78, 5) is 0. The lowest BCUT2D eigenvalue weighted by atomic mass is 10.4. The SMILES string of the molecule is CNCc1cn[nH]c1S(=O)(=O)NCCCOC. The molecule has 0 saturated heterocycles. The van der Waals surface area contributed by atoms with Crippen molar-refractivity contribution in [2.45, 2.75) is 18.0 Å². The Kier molecular flexibility index (Phi) is 5.56. The average Bonchev–Trinajstić information content (AvgIpc) is 2.74. The van der Waals surface area contributed by atoms with Crippen LogP contribution in [0.3, 0.4) is 0 Å². The molecule has 0 amide bonds. The predicted octanol–water partition coefficient (Wildman–Crippen LogP) is -0.556. The average molecular weight is 262 g/mol. The molecule has 3 N–H and O–H groups in total. The second-order valence-corrected chi connectivity index (χ2v) is 5.20. The van der Waals surface area contributed by atoms with Gasteiger partial charge in [-0.15, -0.1) is 0 Å². The van der Waals surface area contributed by atoms with E-state index in [2.05, 4.69) is 20.2 Å². The monoisotopic (exact) mass is 262 g/mol. The van der Waals surface area contributed by atoms with Crippen LogP contribution in [0.25, 0.3) is 0 Å². The lowest BCUT2D eigenvalue weighted by molar-refractivity contribution is 0.196. The van der Waals surface area contributed by atoms with Gasteiger partial charge in [0, 0.05) is 32.4 Å². The van der Waals surface area contributed by atoms with Gasteiger partial charge in [-0.05, 0) is 13.5 Å². The highest BCUT2D eigenvalue weighted by molar-refractivity contribution is 7.89. The van der Waals surface area contributed by atoms with Gasteiger partial charge in [0.25, 0.3) is 10.0 Å². The molecule has 0 aliphatic rings. The van der Waals surface area contributed by atoms with E-state index in [1.54, 1.807) is 14.2 Å². The van der Waals surface area contributed by atoms with Gasteiger partial charge < -0.3 is 10.1 Å². The van der Waals surface area contributed by atoms with Crippen LogP contribution in [-0.4, -0.2) is 45.9 Å². The largest absolute Gasteiger partial charge is 0.385 e. The van der Waals surface area contributed by atoms with Crippen molar-refractivity contribution in [1.29, 1.82) is 0 Å². The Balaban J connectivity index is 2.65. The molecule has 1 aromatic rings. The summed E-state index contributed by atoms with van der Waals surface area (Å²) in [5.74, 6) is 0. The van der Waals surface area contributed by atoms with Crippen molar-refractivity contribution < 1.29 is 13.2 Å². The third-order valence-corrected chi connectivity index (χ3v) is 3.61. The number of rotatable bonds is 8. The lowest BCUT2D eigenvalue weighted by Gasteiger charge is -2.06. The Bertz CT molecular complexity index is 429. The third-order valence-electron chi connectivity index (χ3n) is 2.13. The quantitative estimate of drug-likeness (QED) is 0.546. The van der Waals surface area contributed by atoms with Gasteiger partial charge in [0.1, 0.15) is 0 Å². The maximum Gasteiger partial charge on any atom is 0.257 e. The maximum atomic E-state index is 11.9. The van der Waals surface area contributed by atoms with E-state index in [0.717, 1.165) is 0 Å². The predicted molar refractivity (Wildman–Crippen MR) is 63.0 cm³/mol. The van der Waals surface area contributed by atoms with Crippen LogP contribution in [0.1, 0.15) is 12.0 Å². The molecule has 0 radical (unpaired) electrons. The normalized spacial score (nSPS) is 11.9. The zero-order valence-corrected chi connectivity index (χ0v) is 10.8. The summed E-state index contributed by atoms with van der Waals surface area (Å²) in [5, 5.41) is 9.24. The highest BCUT2D eigenvalue weighted by atomic mass is 32.2. The third kappa shape index (κ3) is 4.08. The number of hydrogen-bond donors (Lipinski definition) is 3. The van der Waals surface area contributed by atoms with Crippen LogP contribution in [0, 0.1) is 0 Å². The van der Waals surface area contributed by atoms with E-state index in [1.165, 1.54) is 6.20 Å². The van der Waals surface area contributed by atoms with Crippen molar-refractivity contribution in [3.63, 3.8) is 0 Å². The first-order chi connectivity index (χ1) is 8.11. The topological polar surface area (TPSA) is 96.1 Å². The van der Waals surface area contributed by atoms with E-state index >= 15 is 0 Å². The minimum atomic E-state index is -3.51. The first kappa shape index (κ1) is 14.1. The minimum Gasteiger partial charge on any atom is -0.385 e. The number of H-pyrrole nitrogens is 1. The van der Waals surface area contributed by atoms with Gasteiger partial charge in [-0.25, -0.2) is 13.1 Å². The molecule has 0 aliphatic heterocycles. The standard InChI is InChI=1S/C9H18N4O3S/c1-10-6-8-7-11-13-9(8)17(14,15)12-4-3-5-16-2/h7,10,12H,3-6H2,1-2H3,(H,11,13). The Morgan fingerprint density at radius 3 is 2.94 bits per heavy atom. The first-order valence-electron chi connectivity index (χ1n) is 5.27. The van der Waals surface area contributed by atoms with Crippen LogP contribution < -0.4 is 10.0 Å². The Morgan fingerprint density at radius 1 is 1.53 bits per heavy atom. The summed E-state index contributed by atoms with van der Waals surface area (Å²) in [7, 11) is -0.191. The molecule has 98 valence electrons. The molecule has 0 atom stereocenters. The molecule has 0 fully saturated rings. The van der Waals surface area contributed by atoms with Crippen LogP contribution >= 0.6 is 0 Å². The summed E-state index contributed by atoms with van der Waals surface area (Å²) in [6.45, 7) is 1.31. The number of methoxy groups -OCH3 is 1. The zero-order valence-electron chi connectivity index (χ0n) is 9.99. The van der Waals surface area contributed by atoms with Crippen molar-refractivity contribution in [3.05, 3.63) is 11.8 Å². The summed E-state index contributed by atoms with van der Waals surface area (Å²) < 4.78 is 31.1. The van der Waals surface area contributed by atoms with E-state index in [1.807, 2.05) is 0 Å². The number of nitrogens with zero attached hydrogens (tertiary/aromatic N) is 1. The number of aromatic nitrogens is 2. The molecule has 0 bridgehead atoms. The number of sulfonamides is 1. The number of ether oxygens (including phenoxy) is 1. The van der Waals surface area contributed by atoms with Gasteiger partial charge in [-0.2, -0.15) is 5.10 Å². The molecule has 1 heterocycles. The fourth-order valence-corrected chi connectivity index (χ4v) is 2.54. The lowest BCUT2D eigenvalue weighted by Crippen LogP contribution is -2.27. The molecule has 0 spiro atoms. The van der Waals surface area contributed by atoms with Gasteiger partial charge in [0.15, 0.2) is 5.03 Å². The molecule has 7 nitrogen and oxygen atoms in total. The Labute approximate surface area is 101 Å². The molecule has 0 saturated carbocycles. The molecule has 1 aromatic heterocycles. The van der Waals surface area contributed by atoms with Gasteiger partial charge in [-0.1, -0.05) is 0 Å². The second-order valence-electron chi connectivity index (χ2n) is 3.50. The van der Waals surface area contributed by atoms with E-state index in [4.69, 9.17) is 4.74 Å². The summed E-state index contributed by atoms with van der Waals surface area (Å²) in [6.07, 6.45) is 2.13. The molecule has 1 rings (SSSR count). The van der Waals surface area contributed by atoms with Gasteiger partial charge >= 0.3 is 0 Å². The molecule has 0 aromatic carbocycles. The van der Waals surface area contributed by atoms with E-state index in [0.29, 0.717) is 31.7 Å². The zero-order chi connectivity index (χ0) is 12.7. The van der Waals surface area contributed by atoms with Crippen molar-refractivity contribution in [1.82, 2.24) is 20.2 Å². The van der Waals surface area contributed by atoms with Crippen LogP contribution in [-0.2, 0) is 21.3 Å². The summed E-state index contributed by atoms with van der Waals surface area (Å²) >= 11 is 0. The summed E-state index contributed by atoms with van der Waals surface area (Å²) in [6, 6.07) is 0. The number of nitrogens with one attached hydrogen (secondary N) is 3. The smallest absolute Gasteiger partial charge is 0.257 e. The molecule has 17 heavy (non-hydrogen) atoms. The van der Waals surface area contributed by atoms with E-state index < -0.39 is 10.0 Å². The molecule has 8 heteroatoms. The van der Waals surface area contributed by atoms with Crippen molar-refractivity contribution in [3.8, 4) is 0 Å². The van der Waals surface area contributed by atoms with Crippen molar-refractivity contribution in [2.75, 3.05) is 27.3 Å². The van der Waals surface area contributed by atoms with E-state index in [-0.39, 0.29) is 5.03 Å². The molecule has 0 unspecified atom stereocenters. The van der Waals surface area contributed by atoms with Crippen LogP contribution in [0.15, 0.2) is 11.2 Å². The van der Waals surface area contributed by atoms with E-state index in [9.17, 15) is 8.42 Å². The molecule has 0 aliphatic carbocycles. The van der Waals surface area contributed by atoms with Crippen LogP contribution in [0.5, 0.6) is 0 Å². The second kappa shape index (κ2) is 6.70. The Hall–Kier alpha value is -0.960. The summed E-state index contributed by atoms with van der Waals surface area (Å²) in [5.41, 5.74) is 0.617. The van der Waals surface area contributed by atoms with Gasteiger partial charge in [0.05, 0.1) is 6.20 Å². The minimum absolute atomic E-state index is 0.115. The highest BCUT2D eigenvalue weighted by Crippen LogP contribution is 2.10. The van der Waals surface area contributed by atoms with Gasteiger partial charge in [-0.3, -0.25) is 5.10 Å². The van der Waals surface area contributed by atoms with Crippen molar-refractivity contribution in [2.24, 2.45) is 0 Å². The van der Waals surface area contributed by atoms with Gasteiger partial charge in [0.2, 0.25) is 0 Å². The van der Waals surface area contributed by atoms with Crippen molar-refractivity contribution >= 4 is 10.0 Å². The molecular formula is C9H18N4O3S. The van der Waals surface area contributed by atoms with Crippen LogP contribution in [0.4, 0.5) is 0 Å². The number of aromatic amines is 1. The maximum absolute atomic E-state index is 11.9. The van der Waals surface area contributed by atoms with Crippen LogP contribution in [0.2, 0.25) is 0 Å². The fourth-order valence-electron chi connectivity index (χ4n) is 1.34.